The van der Waals surface area contributed by atoms with E-state index in [2.05, 4.69) is 4.98 Å². The van der Waals surface area contributed by atoms with Crippen molar-refractivity contribution >= 4 is 16.7 Å². The van der Waals surface area contributed by atoms with Gasteiger partial charge in [-0.1, -0.05) is 18.2 Å². The molecule has 200 valence electrons. The highest BCUT2D eigenvalue weighted by atomic mass is 19.4. The minimum atomic E-state index is -4.28. The fraction of sp³-hybridized carbons (Fsp3) is 0.500. The lowest BCUT2D eigenvalue weighted by atomic mass is 9.85. The molecule has 4 rings (SSSR count). The fourth-order valence-electron chi connectivity index (χ4n) is 5.88. The molecule has 1 aliphatic rings. The SMILES string of the molecule is COc1cc(C)[nH]c(=O)c1CCC(=O)c1c(C)n([C@@H](C)[C@@H]2CCN(C)[C@H](C(F)(F)F)C2)c2ccccc12. The molecule has 1 saturated heterocycles. The van der Waals surface area contributed by atoms with Gasteiger partial charge < -0.3 is 14.3 Å². The van der Waals surface area contributed by atoms with Crippen molar-refractivity contribution in [2.75, 3.05) is 20.7 Å². The molecular formula is C28H34F3N3O3. The van der Waals surface area contributed by atoms with E-state index in [0.717, 1.165) is 16.6 Å². The van der Waals surface area contributed by atoms with Crippen LogP contribution in [0.1, 0.15) is 59.5 Å². The topological polar surface area (TPSA) is 67.3 Å². The number of carbonyl (C=O) groups is 1. The van der Waals surface area contributed by atoms with E-state index >= 15 is 0 Å². The Morgan fingerprint density at radius 2 is 1.95 bits per heavy atom. The van der Waals surface area contributed by atoms with E-state index in [-0.39, 0.29) is 42.6 Å². The standard InChI is InChI=1S/C28H34F3N3O3/c1-16-14-24(37-5)21(27(36)32-16)10-11-23(35)26-18(3)34(22-9-7-6-8-20(22)26)17(2)19-12-13-33(4)25(15-19)28(29,30)31/h6-9,14,17,19,25H,10-13,15H2,1-5H3,(H,32,36)/t17-,19+,25-/m0/s1. The zero-order chi connectivity index (χ0) is 27.1. The van der Waals surface area contributed by atoms with Crippen molar-refractivity contribution in [2.45, 2.75) is 64.7 Å². The van der Waals surface area contributed by atoms with Gasteiger partial charge in [-0.3, -0.25) is 14.5 Å². The second kappa shape index (κ2) is 10.4. The van der Waals surface area contributed by atoms with Crippen molar-refractivity contribution < 1.29 is 22.7 Å². The first-order valence-electron chi connectivity index (χ1n) is 12.6. The Morgan fingerprint density at radius 3 is 2.62 bits per heavy atom. The Labute approximate surface area is 214 Å². The number of halogens is 3. The minimum Gasteiger partial charge on any atom is -0.496 e. The van der Waals surface area contributed by atoms with E-state index in [4.69, 9.17) is 4.74 Å². The molecule has 0 aliphatic carbocycles. The zero-order valence-corrected chi connectivity index (χ0v) is 21.9. The molecule has 0 saturated carbocycles. The Kier molecular flexibility index (Phi) is 7.55. The van der Waals surface area contributed by atoms with E-state index in [1.54, 1.807) is 13.0 Å². The first kappa shape index (κ1) is 27.0. The highest BCUT2D eigenvalue weighted by Gasteiger charge is 2.46. The highest BCUT2D eigenvalue weighted by Crippen LogP contribution is 2.40. The third-order valence-corrected chi connectivity index (χ3v) is 7.86. The number of H-pyrrole nitrogens is 1. The van der Waals surface area contributed by atoms with E-state index in [0.29, 0.717) is 35.5 Å². The maximum absolute atomic E-state index is 13.7. The number of piperidine rings is 1. The first-order chi connectivity index (χ1) is 17.4. The molecule has 0 radical (unpaired) electrons. The van der Waals surface area contributed by atoms with Gasteiger partial charge in [0.2, 0.25) is 0 Å². The molecule has 0 spiro atoms. The maximum Gasteiger partial charge on any atom is 0.404 e. The van der Waals surface area contributed by atoms with Crippen LogP contribution in [0.15, 0.2) is 35.1 Å². The van der Waals surface area contributed by atoms with Crippen molar-refractivity contribution in [1.29, 1.82) is 0 Å². The summed E-state index contributed by atoms with van der Waals surface area (Å²) in [7, 11) is 3.02. The number of nitrogens with one attached hydrogen (secondary N) is 1. The predicted octanol–water partition coefficient (Wildman–Crippen LogP) is 5.60. The van der Waals surface area contributed by atoms with Gasteiger partial charge in [-0.15, -0.1) is 0 Å². The van der Waals surface area contributed by atoms with Gasteiger partial charge in [-0.2, -0.15) is 13.2 Å². The summed E-state index contributed by atoms with van der Waals surface area (Å²) in [6.07, 6.45) is -3.29. The zero-order valence-electron chi connectivity index (χ0n) is 21.9. The van der Waals surface area contributed by atoms with Crippen LogP contribution in [-0.2, 0) is 6.42 Å². The number of carbonyl (C=O) groups excluding carboxylic acids is 1. The monoisotopic (exact) mass is 517 g/mol. The number of hydrogen-bond donors (Lipinski definition) is 1. The number of likely N-dealkylation sites (tertiary alicyclic amines) is 1. The van der Waals surface area contributed by atoms with Gasteiger partial charge >= 0.3 is 6.18 Å². The number of aryl methyl sites for hydroxylation is 1. The molecule has 3 aromatic rings. The van der Waals surface area contributed by atoms with Gasteiger partial charge in [-0.05, 0) is 71.7 Å². The van der Waals surface area contributed by atoms with Crippen LogP contribution in [0.5, 0.6) is 5.75 Å². The molecule has 9 heteroatoms. The number of hydrogen-bond acceptors (Lipinski definition) is 4. The second-order valence-electron chi connectivity index (χ2n) is 10.2. The van der Waals surface area contributed by atoms with Gasteiger partial charge in [0.25, 0.3) is 5.56 Å². The minimum absolute atomic E-state index is 0.0202. The van der Waals surface area contributed by atoms with Gasteiger partial charge in [0.1, 0.15) is 11.8 Å². The van der Waals surface area contributed by atoms with Crippen LogP contribution in [0.25, 0.3) is 10.9 Å². The molecule has 37 heavy (non-hydrogen) atoms. The number of aromatic amines is 1. The molecule has 6 nitrogen and oxygen atoms in total. The number of aromatic nitrogens is 2. The highest BCUT2D eigenvalue weighted by molar-refractivity contribution is 6.09. The second-order valence-corrected chi connectivity index (χ2v) is 10.2. The van der Waals surface area contributed by atoms with Crippen LogP contribution in [0, 0.1) is 19.8 Å². The van der Waals surface area contributed by atoms with Crippen LogP contribution in [0.3, 0.4) is 0 Å². The van der Waals surface area contributed by atoms with Gasteiger partial charge in [-0.25, -0.2) is 0 Å². The van der Waals surface area contributed by atoms with E-state index in [1.807, 2.05) is 42.7 Å². The van der Waals surface area contributed by atoms with Crippen molar-refractivity contribution in [3.63, 3.8) is 0 Å². The molecule has 1 aliphatic heterocycles. The molecule has 3 atom stereocenters. The summed E-state index contributed by atoms with van der Waals surface area (Å²) >= 11 is 0. The third-order valence-electron chi connectivity index (χ3n) is 7.86. The Bertz CT molecular complexity index is 1360. The number of fused-ring (bicyclic) bond motifs is 1. The molecule has 3 heterocycles. The van der Waals surface area contributed by atoms with Crippen LogP contribution >= 0.6 is 0 Å². The van der Waals surface area contributed by atoms with Crippen LogP contribution in [0.4, 0.5) is 13.2 Å². The van der Waals surface area contributed by atoms with Crippen LogP contribution in [0.2, 0.25) is 0 Å². The fourth-order valence-corrected chi connectivity index (χ4v) is 5.88. The summed E-state index contributed by atoms with van der Waals surface area (Å²) < 4.78 is 48.4. The number of ether oxygens (including phenoxy) is 1. The maximum atomic E-state index is 13.7. The lowest BCUT2D eigenvalue weighted by Crippen LogP contribution is -2.49. The molecule has 0 bridgehead atoms. The van der Waals surface area contributed by atoms with Crippen LogP contribution < -0.4 is 10.3 Å². The third kappa shape index (κ3) is 5.19. The van der Waals surface area contributed by atoms with Crippen LogP contribution in [-0.4, -0.2) is 53.2 Å². The largest absolute Gasteiger partial charge is 0.496 e. The number of pyridine rings is 1. The van der Waals surface area contributed by atoms with E-state index < -0.39 is 12.2 Å². The molecule has 1 fully saturated rings. The lowest BCUT2D eigenvalue weighted by molar-refractivity contribution is -0.192. The number of Topliss-reactive ketones (excluding diaryl/α,β-unsaturated/α-hetero) is 1. The van der Waals surface area contributed by atoms with Crippen molar-refractivity contribution in [1.82, 2.24) is 14.5 Å². The Balaban J connectivity index is 1.66. The number of benzene rings is 1. The average molecular weight is 518 g/mol. The number of methoxy groups -OCH3 is 1. The Morgan fingerprint density at radius 1 is 1.24 bits per heavy atom. The van der Waals surface area contributed by atoms with Crippen molar-refractivity contribution in [3.8, 4) is 5.75 Å². The Hall–Kier alpha value is -3.07. The number of para-hydroxylation sites is 1. The summed E-state index contributed by atoms with van der Waals surface area (Å²) in [5.41, 5.74) is 2.95. The lowest BCUT2D eigenvalue weighted by Gasteiger charge is -2.40. The summed E-state index contributed by atoms with van der Waals surface area (Å²) in [5, 5.41) is 0.780. The van der Waals surface area contributed by atoms with Gasteiger partial charge in [0.05, 0.1) is 12.7 Å². The summed E-state index contributed by atoms with van der Waals surface area (Å²) in [6.45, 7) is 5.95. The molecule has 0 amide bonds. The van der Waals surface area contributed by atoms with Gasteiger partial charge in [0.15, 0.2) is 5.78 Å². The quantitative estimate of drug-likeness (QED) is 0.414. The summed E-state index contributed by atoms with van der Waals surface area (Å²) in [6, 6.07) is 7.57. The van der Waals surface area contributed by atoms with E-state index in [1.165, 1.54) is 19.1 Å². The molecule has 1 aromatic carbocycles. The molecular weight excluding hydrogens is 483 g/mol. The molecule has 1 N–H and O–H groups in total. The van der Waals surface area contributed by atoms with Gasteiger partial charge in [0, 0.05) is 40.3 Å². The average Bonchev–Trinajstić information content (AvgIpc) is 3.13. The van der Waals surface area contributed by atoms with Crippen molar-refractivity contribution in [3.05, 3.63) is 63.2 Å². The predicted molar refractivity (Wildman–Crippen MR) is 138 cm³/mol. The number of rotatable bonds is 7. The summed E-state index contributed by atoms with van der Waals surface area (Å²) in [5.74, 6) is 0.150. The number of alkyl halides is 3. The summed E-state index contributed by atoms with van der Waals surface area (Å²) in [4.78, 5) is 30.2. The smallest absolute Gasteiger partial charge is 0.404 e. The number of nitrogens with zero attached hydrogens (tertiary/aromatic N) is 2. The molecule has 0 unspecified atom stereocenters. The molecule has 2 aromatic heterocycles. The first-order valence-corrected chi connectivity index (χ1v) is 12.6. The van der Waals surface area contributed by atoms with E-state index in [9.17, 15) is 22.8 Å². The van der Waals surface area contributed by atoms with Crippen molar-refractivity contribution in [2.24, 2.45) is 5.92 Å². The number of ketones is 1. The normalized spacial score (nSPS) is 19.8.